The third-order valence-corrected chi connectivity index (χ3v) is 1.93. The average Bonchev–Trinajstić information content (AvgIpc) is 2.48. The molecule has 0 spiro atoms. The maximum atomic E-state index is 10.4. The highest BCUT2D eigenvalue weighted by atomic mass is 16.5. The van der Waals surface area contributed by atoms with Crippen molar-refractivity contribution < 1.29 is 14.6 Å². The lowest BCUT2D eigenvalue weighted by atomic mass is 10.2. The molecule has 6 heteroatoms. The number of fused-ring (bicyclic) bond motifs is 1. The van der Waals surface area contributed by atoms with Gasteiger partial charge in [0.2, 0.25) is 0 Å². The number of aliphatic carboxylic acids is 1. The van der Waals surface area contributed by atoms with Gasteiger partial charge in [-0.2, -0.15) is 0 Å². The summed E-state index contributed by atoms with van der Waals surface area (Å²) in [7, 11) is 0. The molecule has 0 atom stereocenters. The van der Waals surface area contributed by atoms with Gasteiger partial charge in [0.05, 0.1) is 24.6 Å². The highest BCUT2D eigenvalue weighted by Crippen LogP contribution is 2.12. The predicted molar refractivity (Wildman–Crippen MR) is 41.0 cm³/mol. The van der Waals surface area contributed by atoms with Crippen LogP contribution in [0, 0.1) is 0 Å². The second kappa shape index (κ2) is 3.14. The van der Waals surface area contributed by atoms with Crippen molar-refractivity contribution >= 4 is 5.97 Å². The van der Waals surface area contributed by atoms with Crippen LogP contribution in [-0.4, -0.2) is 32.7 Å². The van der Waals surface area contributed by atoms with Crippen LogP contribution in [0.15, 0.2) is 0 Å². The van der Waals surface area contributed by atoms with E-state index in [0.29, 0.717) is 13.2 Å². The highest BCUT2D eigenvalue weighted by Gasteiger charge is 2.18. The maximum Gasteiger partial charge on any atom is 0.325 e. The molecule has 2 rings (SSSR count). The summed E-state index contributed by atoms with van der Waals surface area (Å²) in [6, 6.07) is 0. The molecular formula is C7H9N3O3. The fourth-order valence-corrected chi connectivity index (χ4v) is 1.31. The van der Waals surface area contributed by atoms with Crippen molar-refractivity contribution in [3.63, 3.8) is 0 Å². The number of ether oxygens (including phenoxy) is 1. The van der Waals surface area contributed by atoms with Gasteiger partial charge in [0, 0.05) is 6.42 Å². The maximum absolute atomic E-state index is 10.4. The third-order valence-electron chi connectivity index (χ3n) is 1.93. The van der Waals surface area contributed by atoms with E-state index in [0.717, 1.165) is 17.8 Å². The molecule has 1 aliphatic rings. The number of aromatic nitrogens is 3. The Labute approximate surface area is 74.1 Å². The molecule has 1 aromatic heterocycles. The normalized spacial score (nSPS) is 15.4. The van der Waals surface area contributed by atoms with Gasteiger partial charge in [0.1, 0.15) is 6.54 Å². The summed E-state index contributed by atoms with van der Waals surface area (Å²) in [5.41, 5.74) is 1.64. The van der Waals surface area contributed by atoms with Crippen LogP contribution in [0.2, 0.25) is 0 Å². The number of hydrogen-bond donors (Lipinski definition) is 1. The van der Waals surface area contributed by atoms with Gasteiger partial charge in [0.25, 0.3) is 0 Å². The van der Waals surface area contributed by atoms with Gasteiger partial charge < -0.3 is 9.84 Å². The van der Waals surface area contributed by atoms with E-state index in [-0.39, 0.29) is 6.54 Å². The van der Waals surface area contributed by atoms with Crippen LogP contribution in [-0.2, 0) is 29.1 Å². The lowest BCUT2D eigenvalue weighted by molar-refractivity contribution is -0.138. The van der Waals surface area contributed by atoms with Gasteiger partial charge in [-0.25, -0.2) is 4.68 Å². The Morgan fingerprint density at radius 1 is 1.69 bits per heavy atom. The van der Waals surface area contributed by atoms with Crippen molar-refractivity contribution in [3.8, 4) is 0 Å². The van der Waals surface area contributed by atoms with Crippen LogP contribution in [0.5, 0.6) is 0 Å². The van der Waals surface area contributed by atoms with Crippen molar-refractivity contribution in [1.82, 2.24) is 15.0 Å². The van der Waals surface area contributed by atoms with E-state index in [1.54, 1.807) is 0 Å². The van der Waals surface area contributed by atoms with Gasteiger partial charge in [-0.1, -0.05) is 5.21 Å². The highest BCUT2D eigenvalue weighted by molar-refractivity contribution is 5.66. The summed E-state index contributed by atoms with van der Waals surface area (Å²) in [5, 5.41) is 16.2. The summed E-state index contributed by atoms with van der Waals surface area (Å²) in [4.78, 5) is 10.4. The fourth-order valence-electron chi connectivity index (χ4n) is 1.31. The number of carboxylic acids is 1. The molecule has 0 bridgehead atoms. The van der Waals surface area contributed by atoms with E-state index >= 15 is 0 Å². The van der Waals surface area contributed by atoms with Crippen molar-refractivity contribution in [2.24, 2.45) is 0 Å². The molecule has 0 aromatic carbocycles. The molecule has 2 heterocycles. The summed E-state index contributed by atoms with van der Waals surface area (Å²) in [6.07, 6.45) is 0.717. The molecule has 70 valence electrons. The predicted octanol–water partition coefficient (Wildman–Crippen LogP) is -0.565. The fraction of sp³-hybridized carbons (Fsp3) is 0.571. The van der Waals surface area contributed by atoms with Gasteiger partial charge in [-0.15, -0.1) is 5.10 Å². The zero-order valence-corrected chi connectivity index (χ0v) is 6.93. The van der Waals surface area contributed by atoms with Crippen LogP contribution in [0.4, 0.5) is 0 Å². The molecule has 0 saturated heterocycles. The molecule has 0 aliphatic carbocycles. The van der Waals surface area contributed by atoms with Gasteiger partial charge in [-0.05, 0) is 0 Å². The van der Waals surface area contributed by atoms with Crippen molar-refractivity contribution in [3.05, 3.63) is 11.4 Å². The van der Waals surface area contributed by atoms with E-state index < -0.39 is 5.97 Å². The molecule has 1 aliphatic heterocycles. The van der Waals surface area contributed by atoms with Crippen molar-refractivity contribution in [2.45, 2.75) is 19.6 Å². The van der Waals surface area contributed by atoms with Crippen LogP contribution < -0.4 is 0 Å². The zero-order chi connectivity index (χ0) is 9.26. The first-order chi connectivity index (χ1) is 6.27. The minimum absolute atomic E-state index is 0.147. The van der Waals surface area contributed by atoms with E-state index in [4.69, 9.17) is 9.84 Å². The Kier molecular flexibility index (Phi) is 1.97. The smallest absolute Gasteiger partial charge is 0.325 e. The van der Waals surface area contributed by atoms with E-state index in [1.807, 2.05) is 0 Å². The summed E-state index contributed by atoms with van der Waals surface area (Å²) in [5.74, 6) is -0.918. The molecule has 0 unspecified atom stereocenters. The lowest BCUT2D eigenvalue weighted by Crippen LogP contribution is -2.17. The largest absolute Gasteiger partial charge is 0.480 e. The Morgan fingerprint density at radius 2 is 2.54 bits per heavy atom. The van der Waals surface area contributed by atoms with Crippen LogP contribution in [0.3, 0.4) is 0 Å². The molecule has 1 aromatic rings. The second-order valence-electron chi connectivity index (χ2n) is 2.84. The first-order valence-electron chi connectivity index (χ1n) is 3.98. The van der Waals surface area contributed by atoms with E-state index in [1.165, 1.54) is 4.68 Å². The van der Waals surface area contributed by atoms with E-state index in [9.17, 15) is 4.79 Å². The van der Waals surface area contributed by atoms with Crippen LogP contribution in [0.1, 0.15) is 11.4 Å². The number of hydrogen-bond acceptors (Lipinski definition) is 4. The molecule has 1 N–H and O–H groups in total. The van der Waals surface area contributed by atoms with Gasteiger partial charge in [0.15, 0.2) is 0 Å². The Bertz CT molecular complexity index is 334. The standard InChI is InChI=1S/C7H9N3O3/c11-7(12)3-10-6-4-13-2-1-5(6)8-9-10/h1-4H2,(H,11,12). The number of carboxylic acid groups (broad SMARTS) is 1. The van der Waals surface area contributed by atoms with Crippen LogP contribution >= 0.6 is 0 Å². The molecule has 0 amide bonds. The molecular weight excluding hydrogens is 174 g/mol. The van der Waals surface area contributed by atoms with E-state index in [2.05, 4.69) is 10.3 Å². The number of carbonyl (C=O) groups is 1. The minimum Gasteiger partial charge on any atom is -0.480 e. The second-order valence-corrected chi connectivity index (χ2v) is 2.84. The first kappa shape index (κ1) is 8.18. The molecule has 0 fully saturated rings. The van der Waals surface area contributed by atoms with Crippen molar-refractivity contribution in [1.29, 1.82) is 0 Å². The summed E-state index contributed by atoms with van der Waals surface area (Å²) in [6.45, 7) is 0.903. The van der Waals surface area contributed by atoms with Crippen molar-refractivity contribution in [2.75, 3.05) is 6.61 Å². The van der Waals surface area contributed by atoms with Gasteiger partial charge >= 0.3 is 5.97 Å². The molecule has 13 heavy (non-hydrogen) atoms. The quantitative estimate of drug-likeness (QED) is 0.664. The molecule has 6 nitrogen and oxygen atoms in total. The lowest BCUT2D eigenvalue weighted by Gasteiger charge is -2.11. The summed E-state index contributed by atoms with van der Waals surface area (Å²) >= 11 is 0. The Morgan fingerprint density at radius 3 is 3.31 bits per heavy atom. The number of nitrogens with zero attached hydrogens (tertiary/aromatic N) is 3. The Hall–Kier alpha value is -1.43. The Balaban J connectivity index is 2.26. The van der Waals surface area contributed by atoms with Gasteiger partial charge in [-0.3, -0.25) is 4.79 Å². The number of rotatable bonds is 2. The molecule has 0 radical (unpaired) electrons. The monoisotopic (exact) mass is 183 g/mol. The SMILES string of the molecule is O=C(O)Cn1nnc2c1COCC2. The first-order valence-corrected chi connectivity index (χ1v) is 3.98. The zero-order valence-electron chi connectivity index (χ0n) is 6.93. The third kappa shape index (κ3) is 1.52. The topological polar surface area (TPSA) is 77.2 Å². The minimum atomic E-state index is -0.918. The average molecular weight is 183 g/mol. The van der Waals surface area contributed by atoms with Crippen LogP contribution in [0.25, 0.3) is 0 Å². The molecule has 0 saturated carbocycles. The summed E-state index contributed by atoms with van der Waals surface area (Å²) < 4.78 is 6.55.